The number of rotatable bonds is 9. The summed E-state index contributed by atoms with van der Waals surface area (Å²) in [4.78, 5) is 44.3. The van der Waals surface area contributed by atoms with Crippen LogP contribution in [-0.4, -0.2) is 46.4 Å². The minimum Gasteiger partial charge on any atom is -0.464 e. The van der Waals surface area contributed by atoms with Gasteiger partial charge in [-0.15, -0.1) is 0 Å². The van der Waals surface area contributed by atoms with Crippen LogP contribution in [0.25, 0.3) is 21.8 Å². The van der Waals surface area contributed by atoms with E-state index in [1.165, 1.54) is 6.92 Å². The van der Waals surface area contributed by atoms with Crippen LogP contribution in [0.5, 0.6) is 0 Å². The zero-order valence-corrected chi connectivity index (χ0v) is 19.2. The van der Waals surface area contributed by atoms with Crippen molar-refractivity contribution in [1.29, 1.82) is 0 Å². The first-order valence-corrected chi connectivity index (χ1v) is 11.3. The maximum absolute atomic E-state index is 13.3. The number of amides is 2. The highest BCUT2D eigenvalue weighted by molar-refractivity contribution is 5.92. The second-order valence-electron chi connectivity index (χ2n) is 8.19. The number of fused-ring (bicyclic) bond motifs is 2. The Hall–Kier alpha value is -4.07. The van der Waals surface area contributed by atoms with Crippen molar-refractivity contribution in [3.63, 3.8) is 0 Å². The van der Waals surface area contributed by atoms with Crippen LogP contribution in [0.15, 0.2) is 60.9 Å². The first kappa shape index (κ1) is 23.1. The molecule has 8 nitrogen and oxygen atoms in total. The van der Waals surface area contributed by atoms with Gasteiger partial charge in [-0.25, -0.2) is 4.79 Å². The lowest BCUT2D eigenvalue weighted by Gasteiger charge is -2.22. The summed E-state index contributed by atoms with van der Waals surface area (Å²) in [5.74, 6) is -1.29. The minimum absolute atomic E-state index is 0.198. The Morgan fingerprint density at radius 2 is 1.35 bits per heavy atom. The van der Waals surface area contributed by atoms with Crippen molar-refractivity contribution in [2.45, 2.75) is 38.8 Å². The summed E-state index contributed by atoms with van der Waals surface area (Å²) >= 11 is 0. The van der Waals surface area contributed by atoms with Gasteiger partial charge in [0.05, 0.1) is 6.61 Å². The molecule has 0 saturated heterocycles. The molecule has 0 aliphatic rings. The van der Waals surface area contributed by atoms with Gasteiger partial charge < -0.3 is 25.3 Å². The number of aromatic amines is 2. The van der Waals surface area contributed by atoms with Crippen LogP contribution in [-0.2, 0) is 32.0 Å². The zero-order valence-electron chi connectivity index (χ0n) is 19.2. The van der Waals surface area contributed by atoms with Crippen molar-refractivity contribution in [3.8, 4) is 0 Å². The van der Waals surface area contributed by atoms with Gasteiger partial charge in [-0.1, -0.05) is 36.4 Å². The first-order chi connectivity index (χ1) is 16.5. The lowest BCUT2D eigenvalue weighted by atomic mass is 10.0. The van der Waals surface area contributed by atoms with Crippen molar-refractivity contribution < 1.29 is 19.1 Å². The fourth-order valence-corrected chi connectivity index (χ4v) is 4.20. The Bertz CT molecular complexity index is 1320. The number of hydrogen-bond donors (Lipinski definition) is 4. The number of aromatic nitrogens is 2. The van der Waals surface area contributed by atoms with Crippen LogP contribution >= 0.6 is 0 Å². The molecule has 0 aliphatic heterocycles. The van der Waals surface area contributed by atoms with Crippen LogP contribution < -0.4 is 10.6 Å². The standard InChI is InChI=1S/C26H28N4O4/c1-3-34-26(33)24(13-18-15-28-22-11-7-5-9-20(18)22)30-25(32)23(29-16(2)31)12-17-14-27-21-10-6-4-8-19(17)21/h4-11,14-15,23-24,27-28H,3,12-13H2,1-2H3,(H,29,31)(H,30,32)/t23-,24-/m0/s1. The normalized spacial score (nSPS) is 12.9. The van der Waals surface area contributed by atoms with Gasteiger partial charge >= 0.3 is 5.97 Å². The summed E-state index contributed by atoms with van der Waals surface area (Å²) < 4.78 is 5.23. The molecule has 0 unspecified atom stereocenters. The second kappa shape index (κ2) is 10.2. The van der Waals surface area contributed by atoms with Gasteiger partial charge in [0.15, 0.2) is 0 Å². The van der Waals surface area contributed by atoms with E-state index in [1.54, 1.807) is 6.92 Å². The van der Waals surface area contributed by atoms with Crippen LogP contribution in [0.1, 0.15) is 25.0 Å². The predicted molar refractivity (Wildman–Crippen MR) is 130 cm³/mol. The van der Waals surface area contributed by atoms with Crippen molar-refractivity contribution in [2.75, 3.05) is 6.61 Å². The lowest BCUT2D eigenvalue weighted by molar-refractivity contribution is -0.147. The molecule has 0 radical (unpaired) electrons. The molecule has 0 fully saturated rings. The van der Waals surface area contributed by atoms with Crippen molar-refractivity contribution in [3.05, 3.63) is 72.1 Å². The monoisotopic (exact) mass is 460 g/mol. The SMILES string of the molecule is CCOC(=O)[C@H](Cc1c[nH]c2ccccc12)NC(=O)[C@H](Cc1c[nH]c2ccccc12)NC(C)=O. The highest BCUT2D eigenvalue weighted by Crippen LogP contribution is 2.21. The molecular formula is C26H28N4O4. The molecule has 8 heteroatoms. The van der Waals surface area contributed by atoms with Crippen LogP contribution in [0.4, 0.5) is 0 Å². The van der Waals surface area contributed by atoms with Gasteiger partial charge in [0, 0.05) is 54.0 Å². The van der Waals surface area contributed by atoms with E-state index in [1.807, 2.05) is 60.9 Å². The average molecular weight is 461 g/mol. The van der Waals surface area contributed by atoms with Gasteiger partial charge in [0.1, 0.15) is 12.1 Å². The van der Waals surface area contributed by atoms with E-state index in [-0.39, 0.29) is 25.4 Å². The van der Waals surface area contributed by atoms with E-state index in [4.69, 9.17) is 4.74 Å². The fourth-order valence-electron chi connectivity index (χ4n) is 4.20. The van der Waals surface area contributed by atoms with Crippen LogP contribution in [0, 0.1) is 0 Å². The number of ether oxygens (including phenoxy) is 1. The predicted octanol–water partition coefficient (Wildman–Crippen LogP) is 2.99. The number of carbonyl (C=O) groups is 3. The molecule has 0 saturated carbocycles. The highest BCUT2D eigenvalue weighted by Gasteiger charge is 2.28. The maximum Gasteiger partial charge on any atom is 0.328 e. The number of benzene rings is 2. The minimum atomic E-state index is -0.897. The molecule has 34 heavy (non-hydrogen) atoms. The molecule has 0 bridgehead atoms. The zero-order chi connectivity index (χ0) is 24.1. The van der Waals surface area contributed by atoms with E-state index in [0.717, 1.165) is 32.9 Å². The smallest absolute Gasteiger partial charge is 0.328 e. The fraction of sp³-hybridized carbons (Fsp3) is 0.269. The molecule has 4 N–H and O–H groups in total. The van der Waals surface area contributed by atoms with Gasteiger partial charge in [-0.05, 0) is 30.2 Å². The molecule has 0 spiro atoms. The van der Waals surface area contributed by atoms with Gasteiger partial charge in [0.25, 0.3) is 0 Å². The summed E-state index contributed by atoms with van der Waals surface area (Å²) in [6.45, 7) is 3.29. The molecule has 2 atom stereocenters. The van der Waals surface area contributed by atoms with E-state index in [9.17, 15) is 14.4 Å². The Kier molecular flexibility index (Phi) is 6.96. The quantitative estimate of drug-likeness (QED) is 0.287. The van der Waals surface area contributed by atoms with E-state index < -0.39 is 24.0 Å². The number of carbonyl (C=O) groups excluding carboxylic acids is 3. The number of hydrogen-bond acceptors (Lipinski definition) is 4. The molecule has 2 amide bonds. The van der Waals surface area contributed by atoms with Crippen LogP contribution in [0.2, 0.25) is 0 Å². The molecule has 4 rings (SSSR count). The number of para-hydroxylation sites is 2. The van der Waals surface area contributed by atoms with Crippen molar-refractivity contribution >= 4 is 39.6 Å². The third-order valence-corrected chi connectivity index (χ3v) is 5.78. The summed E-state index contributed by atoms with van der Waals surface area (Å²) in [5.41, 5.74) is 3.68. The van der Waals surface area contributed by atoms with Gasteiger partial charge in [-0.3, -0.25) is 9.59 Å². The van der Waals surface area contributed by atoms with E-state index in [2.05, 4.69) is 20.6 Å². The summed E-state index contributed by atoms with van der Waals surface area (Å²) in [6.07, 6.45) is 4.20. The summed E-state index contributed by atoms with van der Waals surface area (Å²) in [6, 6.07) is 13.8. The molecule has 2 heterocycles. The molecule has 176 valence electrons. The molecule has 0 aliphatic carbocycles. The Labute approximate surface area is 197 Å². The van der Waals surface area contributed by atoms with E-state index >= 15 is 0 Å². The Balaban J connectivity index is 1.56. The lowest BCUT2D eigenvalue weighted by Crippen LogP contribution is -2.53. The maximum atomic E-state index is 13.3. The van der Waals surface area contributed by atoms with Gasteiger partial charge in [0.2, 0.25) is 11.8 Å². The van der Waals surface area contributed by atoms with Crippen molar-refractivity contribution in [1.82, 2.24) is 20.6 Å². The summed E-state index contributed by atoms with van der Waals surface area (Å²) in [5, 5.41) is 7.50. The first-order valence-electron chi connectivity index (χ1n) is 11.3. The largest absolute Gasteiger partial charge is 0.464 e. The third-order valence-electron chi connectivity index (χ3n) is 5.78. The van der Waals surface area contributed by atoms with Crippen molar-refractivity contribution in [2.24, 2.45) is 0 Å². The molecular weight excluding hydrogens is 432 g/mol. The second-order valence-corrected chi connectivity index (χ2v) is 8.19. The number of nitrogens with one attached hydrogen (secondary N) is 4. The van der Waals surface area contributed by atoms with E-state index in [0.29, 0.717) is 0 Å². The summed E-state index contributed by atoms with van der Waals surface area (Å²) in [7, 11) is 0. The van der Waals surface area contributed by atoms with Gasteiger partial charge in [-0.2, -0.15) is 0 Å². The molecule has 2 aromatic carbocycles. The Morgan fingerprint density at radius 1 is 0.824 bits per heavy atom. The average Bonchev–Trinajstić information content (AvgIpc) is 3.42. The molecule has 4 aromatic rings. The Morgan fingerprint density at radius 3 is 1.88 bits per heavy atom. The highest BCUT2D eigenvalue weighted by atomic mass is 16.5. The third kappa shape index (κ3) is 5.11. The number of esters is 1. The molecule has 2 aromatic heterocycles. The number of H-pyrrole nitrogens is 2. The topological polar surface area (TPSA) is 116 Å². The van der Waals surface area contributed by atoms with Crippen LogP contribution in [0.3, 0.4) is 0 Å².